The van der Waals surface area contributed by atoms with Gasteiger partial charge in [-0.05, 0) is 36.7 Å². The number of phenols is 1. The van der Waals surface area contributed by atoms with E-state index in [9.17, 15) is 5.11 Å². The maximum atomic E-state index is 10.3. The number of hydrogen-bond acceptors (Lipinski definition) is 1. The van der Waals surface area contributed by atoms with E-state index in [1.807, 2.05) is 13.0 Å². The van der Waals surface area contributed by atoms with Gasteiger partial charge in [0.25, 0.3) is 0 Å². The van der Waals surface area contributed by atoms with E-state index in [4.69, 9.17) is 0 Å². The molecule has 0 spiro atoms. The van der Waals surface area contributed by atoms with Crippen molar-refractivity contribution in [3.8, 4) is 5.75 Å². The topological polar surface area (TPSA) is 20.2 Å². The summed E-state index contributed by atoms with van der Waals surface area (Å²) in [6.07, 6.45) is 1.05. The molecule has 0 saturated carbocycles. The van der Waals surface area contributed by atoms with Gasteiger partial charge >= 0.3 is 0 Å². The van der Waals surface area contributed by atoms with Crippen LogP contribution in [0.5, 0.6) is 5.75 Å². The highest BCUT2D eigenvalue weighted by Gasteiger charge is 2.30. The zero-order valence-corrected chi connectivity index (χ0v) is 12.3. The van der Waals surface area contributed by atoms with E-state index < -0.39 is 0 Å². The molecular weight excluding hydrogens is 208 g/mol. The van der Waals surface area contributed by atoms with Crippen molar-refractivity contribution in [3.05, 3.63) is 28.8 Å². The van der Waals surface area contributed by atoms with Crippen LogP contribution >= 0.6 is 0 Å². The van der Waals surface area contributed by atoms with Gasteiger partial charge in [0.05, 0.1) is 0 Å². The minimum absolute atomic E-state index is 0.000880. The first-order valence-corrected chi connectivity index (χ1v) is 6.34. The summed E-state index contributed by atoms with van der Waals surface area (Å²) in [5.74, 6) is 0.463. The van der Waals surface area contributed by atoms with Crippen molar-refractivity contribution < 1.29 is 5.11 Å². The number of aryl methyl sites for hydroxylation is 2. The zero-order chi connectivity index (χ0) is 13.4. The van der Waals surface area contributed by atoms with Gasteiger partial charge < -0.3 is 5.11 Å². The minimum Gasteiger partial charge on any atom is -0.507 e. The third-order valence-electron chi connectivity index (χ3n) is 3.15. The van der Waals surface area contributed by atoms with Crippen molar-refractivity contribution in [1.82, 2.24) is 0 Å². The van der Waals surface area contributed by atoms with Gasteiger partial charge in [-0.3, -0.25) is 0 Å². The van der Waals surface area contributed by atoms with Crippen LogP contribution < -0.4 is 0 Å². The van der Waals surface area contributed by atoms with Gasteiger partial charge in [-0.1, -0.05) is 52.3 Å². The van der Waals surface area contributed by atoms with E-state index in [0.29, 0.717) is 5.75 Å². The van der Waals surface area contributed by atoms with Gasteiger partial charge in [0.2, 0.25) is 0 Å². The molecule has 1 rings (SSSR count). The highest BCUT2D eigenvalue weighted by molar-refractivity contribution is 5.46. The summed E-state index contributed by atoms with van der Waals surface area (Å²) in [5.41, 5.74) is 3.52. The molecule has 1 aromatic carbocycles. The number of hydrogen-bond donors (Lipinski definition) is 1. The fourth-order valence-electron chi connectivity index (χ4n) is 2.90. The van der Waals surface area contributed by atoms with Gasteiger partial charge in [-0.15, -0.1) is 0 Å². The molecule has 0 aliphatic rings. The molecule has 1 aromatic rings. The lowest BCUT2D eigenvalue weighted by molar-refractivity contribution is 0.278. The van der Waals surface area contributed by atoms with E-state index in [2.05, 4.69) is 47.6 Å². The van der Waals surface area contributed by atoms with Crippen LogP contribution in [-0.2, 0) is 5.41 Å². The Labute approximate surface area is 106 Å². The molecule has 0 unspecified atom stereocenters. The quantitative estimate of drug-likeness (QED) is 0.784. The average molecular weight is 234 g/mol. The lowest BCUT2D eigenvalue weighted by Crippen LogP contribution is -2.25. The Balaban J connectivity index is 3.23. The molecule has 0 aliphatic carbocycles. The van der Waals surface area contributed by atoms with Gasteiger partial charge in [0, 0.05) is 5.56 Å². The average Bonchev–Trinajstić information content (AvgIpc) is 2.06. The highest BCUT2D eigenvalue weighted by Crippen LogP contribution is 2.41. The van der Waals surface area contributed by atoms with Gasteiger partial charge in [-0.2, -0.15) is 0 Å². The SMILES string of the molecule is Cc1cc(C)c(O)c(C(C)(C)CC(C)(C)C)c1. The number of phenolic OH excluding ortho intramolecular Hbond substituents is 1. The Morgan fingerprint density at radius 2 is 1.53 bits per heavy atom. The molecule has 17 heavy (non-hydrogen) atoms. The summed E-state index contributed by atoms with van der Waals surface area (Å²) in [6.45, 7) is 15.2. The molecule has 0 atom stereocenters. The molecule has 0 fully saturated rings. The smallest absolute Gasteiger partial charge is 0.122 e. The molecule has 0 heterocycles. The molecular formula is C16H26O. The Hall–Kier alpha value is -0.980. The number of rotatable bonds is 2. The van der Waals surface area contributed by atoms with Crippen LogP contribution in [0, 0.1) is 19.3 Å². The summed E-state index contributed by atoms with van der Waals surface area (Å²) in [6, 6.07) is 4.15. The van der Waals surface area contributed by atoms with Crippen LogP contribution in [-0.4, -0.2) is 5.11 Å². The van der Waals surface area contributed by atoms with Crippen LogP contribution in [0.2, 0.25) is 0 Å². The van der Waals surface area contributed by atoms with Crippen LogP contribution in [0.3, 0.4) is 0 Å². The van der Waals surface area contributed by atoms with Crippen LogP contribution in [0.1, 0.15) is 57.7 Å². The Bertz CT molecular complexity index is 408. The van der Waals surface area contributed by atoms with Crippen LogP contribution in [0.15, 0.2) is 12.1 Å². The van der Waals surface area contributed by atoms with Crippen molar-refractivity contribution in [3.63, 3.8) is 0 Å². The largest absolute Gasteiger partial charge is 0.507 e. The molecule has 0 bridgehead atoms. The molecule has 1 N–H and O–H groups in total. The second-order valence-electron chi connectivity index (χ2n) is 7.10. The lowest BCUT2D eigenvalue weighted by Gasteiger charge is -2.34. The monoisotopic (exact) mass is 234 g/mol. The van der Waals surface area contributed by atoms with Crippen LogP contribution in [0.4, 0.5) is 0 Å². The van der Waals surface area contributed by atoms with Gasteiger partial charge in [0.15, 0.2) is 0 Å². The third-order valence-corrected chi connectivity index (χ3v) is 3.15. The van der Waals surface area contributed by atoms with Crippen molar-refractivity contribution in [2.24, 2.45) is 5.41 Å². The van der Waals surface area contributed by atoms with Gasteiger partial charge in [0.1, 0.15) is 5.75 Å². The van der Waals surface area contributed by atoms with Crippen molar-refractivity contribution in [2.75, 3.05) is 0 Å². The fraction of sp³-hybridized carbons (Fsp3) is 0.625. The van der Waals surface area contributed by atoms with Gasteiger partial charge in [-0.25, -0.2) is 0 Å². The van der Waals surface area contributed by atoms with Crippen molar-refractivity contribution in [1.29, 1.82) is 0 Å². The second-order valence-corrected chi connectivity index (χ2v) is 7.10. The first kappa shape index (κ1) is 14.1. The molecule has 1 heteroatoms. The lowest BCUT2D eigenvalue weighted by atomic mass is 9.71. The second kappa shape index (κ2) is 4.36. The summed E-state index contributed by atoms with van der Waals surface area (Å²) in [7, 11) is 0. The predicted molar refractivity (Wildman–Crippen MR) is 74.7 cm³/mol. The molecule has 0 saturated heterocycles. The minimum atomic E-state index is -0.000880. The van der Waals surface area contributed by atoms with E-state index in [-0.39, 0.29) is 10.8 Å². The predicted octanol–water partition coefficient (Wildman–Crippen LogP) is 4.72. The maximum Gasteiger partial charge on any atom is 0.122 e. The summed E-state index contributed by atoms with van der Waals surface area (Å²) in [5, 5.41) is 10.3. The van der Waals surface area contributed by atoms with E-state index >= 15 is 0 Å². The first-order chi connectivity index (χ1) is 7.53. The first-order valence-electron chi connectivity index (χ1n) is 6.34. The fourth-order valence-corrected chi connectivity index (χ4v) is 2.90. The molecule has 0 radical (unpaired) electrons. The molecule has 1 nitrogen and oxygen atoms in total. The summed E-state index contributed by atoms with van der Waals surface area (Å²) >= 11 is 0. The standard InChI is InChI=1S/C16H26O/c1-11-8-12(2)14(17)13(9-11)16(6,7)10-15(3,4)5/h8-9,17H,10H2,1-7H3. The molecule has 0 aliphatic heterocycles. The van der Waals surface area contributed by atoms with E-state index in [1.165, 1.54) is 5.56 Å². The Morgan fingerprint density at radius 1 is 1.00 bits per heavy atom. The normalized spacial score (nSPS) is 12.9. The van der Waals surface area contributed by atoms with E-state index in [1.54, 1.807) is 0 Å². The summed E-state index contributed by atoms with van der Waals surface area (Å²) < 4.78 is 0. The Kier molecular flexibility index (Phi) is 3.61. The zero-order valence-electron chi connectivity index (χ0n) is 12.3. The van der Waals surface area contributed by atoms with E-state index in [0.717, 1.165) is 17.5 Å². The number of benzene rings is 1. The Morgan fingerprint density at radius 3 is 2.00 bits per heavy atom. The van der Waals surface area contributed by atoms with Crippen molar-refractivity contribution in [2.45, 2.75) is 60.3 Å². The molecule has 0 aromatic heterocycles. The molecule has 96 valence electrons. The summed E-state index contributed by atoms with van der Waals surface area (Å²) in [4.78, 5) is 0. The van der Waals surface area contributed by atoms with Crippen LogP contribution in [0.25, 0.3) is 0 Å². The van der Waals surface area contributed by atoms with Crippen molar-refractivity contribution >= 4 is 0 Å². The number of aromatic hydroxyl groups is 1. The highest BCUT2D eigenvalue weighted by atomic mass is 16.3. The molecule has 0 amide bonds. The third kappa shape index (κ3) is 3.49. The maximum absolute atomic E-state index is 10.3.